The molecule has 0 fully saturated rings. The highest BCUT2D eigenvalue weighted by Gasteiger charge is 2.14. The van der Waals surface area contributed by atoms with Crippen LogP contribution >= 0.6 is 11.6 Å². The van der Waals surface area contributed by atoms with Crippen molar-refractivity contribution in [3.05, 3.63) is 47.2 Å². The maximum atomic E-state index is 10.8. The summed E-state index contributed by atoms with van der Waals surface area (Å²) < 4.78 is 10.2. The Morgan fingerprint density at radius 1 is 1.15 bits per heavy atom. The van der Waals surface area contributed by atoms with E-state index in [2.05, 4.69) is 10.1 Å². The van der Waals surface area contributed by atoms with E-state index in [9.17, 15) is 4.79 Å². The standard InChI is InChI=1S/C13H7ClN2O4/c14-10-6-5-9(19-10)12-15-11(16-20-12)7-1-3-8(4-2-7)13(17)18/h1-6H,(H,17,18). The minimum absolute atomic E-state index is 0.190. The zero-order chi connectivity index (χ0) is 14.1. The molecule has 0 amide bonds. The van der Waals surface area contributed by atoms with Gasteiger partial charge in [-0.1, -0.05) is 17.3 Å². The average Bonchev–Trinajstić information content (AvgIpc) is 3.07. The van der Waals surface area contributed by atoms with E-state index in [4.69, 9.17) is 25.6 Å². The molecule has 0 saturated heterocycles. The zero-order valence-electron chi connectivity index (χ0n) is 9.91. The van der Waals surface area contributed by atoms with Gasteiger partial charge in [0.15, 0.2) is 11.0 Å². The highest BCUT2D eigenvalue weighted by molar-refractivity contribution is 6.28. The topological polar surface area (TPSA) is 89.4 Å². The minimum atomic E-state index is -0.990. The van der Waals surface area contributed by atoms with Crippen LogP contribution in [0.15, 0.2) is 45.3 Å². The lowest BCUT2D eigenvalue weighted by Gasteiger charge is -1.95. The van der Waals surface area contributed by atoms with Crippen LogP contribution in [-0.2, 0) is 0 Å². The molecule has 0 bridgehead atoms. The Morgan fingerprint density at radius 2 is 1.90 bits per heavy atom. The van der Waals surface area contributed by atoms with Crippen molar-refractivity contribution in [2.24, 2.45) is 0 Å². The van der Waals surface area contributed by atoms with Gasteiger partial charge in [0.2, 0.25) is 5.82 Å². The van der Waals surface area contributed by atoms with Crippen molar-refractivity contribution in [1.82, 2.24) is 10.1 Å². The monoisotopic (exact) mass is 290 g/mol. The average molecular weight is 291 g/mol. The molecule has 0 aliphatic heterocycles. The molecular weight excluding hydrogens is 284 g/mol. The number of nitrogens with zero attached hydrogens (tertiary/aromatic N) is 2. The van der Waals surface area contributed by atoms with E-state index >= 15 is 0 Å². The van der Waals surface area contributed by atoms with E-state index in [0.717, 1.165) is 0 Å². The molecule has 20 heavy (non-hydrogen) atoms. The van der Waals surface area contributed by atoms with Gasteiger partial charge >= 0.3 is 5.97 Å². The molecule has 0 radical (unpaired) electrons. The fraction of sp³-hybridized carbons (Fsp3) is 0. The van der Waals surface area contributed by atoms with Gasteiger partial charge in [-0.2, -0.15) is 4.98 Å². The first-order valence-electron chi connectivity index (χ1n) is 5.56. The Kier molecular flexibility index (Phi) is 3.00. The number of carboxylic acids is 1. The van der Waals surface area contributed by atoms with Gasteiger partial charge in [-0.15, -0.1) is 0 Å². The lowest BCUT2D eigenvalue weighted by atomic mass is 10.1. The van der Waals surface area contributed by atoms with Crippen molar-refractivity contribution < 1.29 is 18.8 Å². The number of rotatable bonds is 3. The molecule has 1 aromatic carbocycles. The van der Waals surface area contributed by atoms with Crippen LogP contribution in [-0.4, -0.2) is 21.2 Å². The zero-order valence-corrected chi connectivity index (χ0v) is 10.7. The predicted molar refractivity (Wildman–Crippen MR) is 69.4 cm³/mol. The lowest BCUT2D eigenvalue weighted by Crippen LogP contribution is -1.95. The number of furan rings is 1. The van der Waals surface area contributed by atoms with Gasteiger partial charge in [-0.3, -0.25) is 0 Å². The molecule has 7 heteroatoms. The summed E-state index contributed by atoms with van der Waals surface area (Å²) in [6.45, 7) is 0. The second-order valence-corrected chi connectivity index (χ2v) is 4.28. The summed E-state index contributed by atoms with van der Waals surface area (Å²) in [5.41, 5.74) is 0.831. The van der Waals surface area contributed by atoms with Crippen LogP contribution in [0.5, 0.6) is 0 Å². The smallest absolute Gasteiger partial charge is 0.335 e. The number of benzene rings is 1. The van der Waals surface area contributed by atoms with Crippen LogP contribution in [0.3, 0.4) is 0 Å². The van der Waals surface area contributed by atoms with E-state index in [1.165, 1.54) is 12.1 Å². The van der Waals surface area contributed by atoms with Crippen molar-refractivity contribution in [2.45, 2.75) is 0 Å². The number of aromatic nitrogens is 2. The summed E-state index contributed by atoms with van der Waals surface area (Å²) >= 11 is 5.67. The summed E-state index contributed by atoms with van der Waals surface area (Å²) in [6, 6.07) is 9.34. The first-order valence-corrected chi connectivity index (χ1v) is 5.94. The molecule has 0 saturated carbocycles. The fourth-order valence-electron chi connectivity index (χ4n) is 1.63. The molecule has 100 valence electrons. The maximum absolute atomic E-state index is 10.8. The van der Waals surface area contributed by atoms with Crippen LogP contribution in [0.4, 0.5) is 0 Å². The van der Waals surface area contributed by atoms with Crippen LogP contribution in [0.25, 0.3) is 23.0 Å². The highest BCUT2D eigenvalue weighted by atomic mass is 35.5. The van der Waals surface area contributed by atoms with Gasteiger partial charge in [0.25, 0.3) is 5.89 Å². The quantitative estimate of drug-likeness (QED) is 0.795. The SMILES string of the molecule is O=C(O)c1ccc(-c2noc(-c3ccc(Cl)o3)n2)cc1. The molecule has 0 spiro atoms. The van der Waals surface area contributed by atoms with Crippen LogP contribution in [0.1, 0.15) is 10.4 Å². The normalized spacial score (nSPS) is 10.7. The molecule has 0 aliphatic carbocycles. The second kappa shape index (κ2) is 4.82. The van der Waals surface area contributed by atoms with E-state index < -0.39 is 5.97 Å². The number of hydrogen-bond donors (Lipinski definition) is 1. The van der Waals surface area contributed by atoms with Crippen molar-refractivity contribution in [3.8, 4) is 23.0 Å². The fourth-order valence-corrected chi connectivity index (χ4v) is 1.78. The number of halogens is 1. The first kappa shape index (κ1) is 12.4. The van der Waals surface area contributed by atoms with Crippen LogP contribution in [0.2, 0.25) is 5.22 Å². The van der Waals surface area contributed by atoms with E-state index in [-0.39, 0.29) is 16.7 Å². The molecule has 0 unspecified atom stereocenters. The number of carboxylic acid groups (broad SMARTS) is 1. The summed E-state index contributed by atoms with van der Waals surface area (Å²) in [5, 5.41) is 12.9. The van der Waals surface area contributed by atoms with Gasteiger partial charge in [-0.05, 0) is 35.9 Å². The largest absolute Gasteiger partial charge is 0.478 e. The van der Waals surface area contributed by atoms with E-state index in [1.54, 1.807) is 24.3 Å². The van der Waals surface area contributed by atoms with Crippen molar-refractivity contribution in [2.75, 3.05) is 0 Å². The van der Waals surface area contributed by atoms with E-state index in [0.29, 0.717) is 17.1 Å². The third kappa shape index (κ3) is 2.28. The summed E-state index contributed by atoms with van der Waals surface area (Å²) in [6.07, 6.45) is 0. The Balaban J connectivity index is 1.91. The molecule has 3 rings (SSSR count). The lowest BCUT2D eigenvalue weighted by molar-refractivity contribution is 0.0697. The van der Waals surface area contributed by atoms with Crippen molar-refractivity contribution in [1.29, 1.82) is 0 Å². The second-order valence-electron chi connectivity index (χ2n) is 3.91. The highest BCUT2D eigenvalue weighted by Crippen LogP contribution is 2.25. The molecule has 1 N–H and O–H groups in total. The van der Waals surface area contributed by atoms with Gasteiger partial charge < -0.3 is 14.0 Å². The van der Waals surface area contributed by atoms with Crippen LogP contribution in [0, 0.1) is 0 Å². The van der Waals surface area contributed by atoms with Crippen molar-refractivity contribution >= 4 is 17.6 Å². The van der Waals surface area contributed by atoms with E-state index in [1.807, 2.05) is 0 Å². The number of carbonyl (C=O) groups is 1. The molecule has 3 aromatic rings. The molecule has 0 aliphatic rings. The summed E-state index contributed by atoms with van der Waals surface area (Å²) in [5.74, 6) is -0.0786. The summed E-state index contributed by atoms with van der Waals surface area (Å²) in [4.78, 5) is 14.9. The minimum Gasteiger partial charge on any atom is -0.478 e. The first-order chi connectivity index (χ1) is 9.63. The maximum Gasteiger partial charge on any atom is 0.335 e. The van der Waals surface area contributed by atoms with Gasteiger partial charge in [-0.25, -0.2) is 4.79 Å². The Bertz CT molecular complexity index is 761. The third-order valence-electron chi connectivity index (χ3n) is 2.60. The molecule has 2 aromatic heterocycles. The van der Waals surface area contributed by atoms with Crippen molar-refractivity contribution in [3.63, 3.8) is 0 Å². The number of hydrogen-bond acceptors (Lipinski definition) is 5. The summed E-state index contributed by atoms with van der Waals surface area (Å²) in [7, 11) is 0. The third-order valence-corrected chi connectivity index (χ3v) is 2.80. The molecule has 0 atom stereocenters. The van der Waals surface area contributed by atoms with Gasteiger partial charge in [0, 0.05) is 5.56 Å². The Morgan fingerprint density at radius 3 is 2.50 bits per heavy atom. The Labute approximate surface area is 117 Å². The number of aromatic carboxylic acids is 1. The Hall–Kier alpha value is -2.60. The molecule has 2 heterocycles. The molecular formula is C13H7ClN2O4. The predicted octanol–water partition coefficient (Wildman–Crippen LogP) is 3.35. The van der Waals surface area contributed by atoms with Crippen LogP contribution < -0.4 is 0 Å². The van der Waals surface area contributed by atoms with Gasteiger partial charge in [0.05, 0.1) is 5.56 Å². The van der Waals surface area contributed by atoms with Gasteiger partial charge in [0.1, 0.15) is 0 Å². The molecule has 6 nitrogen and oxygen atoms in total.